The molecule has 0 unspecified atom stereocenters. The predicted octanol–water partition coefficient (Wildman–Crippen LogP) is 7.38. The highest BCUT2D eigenvalue weighted by Gasteiger charge is 2.41. The van der Waals surface area contributed by atoms with Crippen LogP contribution < -0.4 is 21.1 Å². The lowest BCUT2D eigenvalue weighted by Gasteiger charge is -2.38. The number of benzene rings is 2. The smallest absolute Gasteiger partial charge is 0.276 e. The predicted molar refractivity (Wildman–Crippen MR) is 194 cm³/mol. The average molecular weight is 624 g/mol. The SMILES string of the molecule is CC(C)[Si](C#Cc1c(Nc2ccccc2)c(=O)n(C)c2nc(Nc3ccc(N(C)CCN(C)C)cc3)ncc12)(C(C)C)C(C)C. The van der Waals surface area contributed by atoms with Gasteiger partial charge in [-0.2, -0.15) is 4.98 Å². The zero-order chi connectivity index (χ0) is 32.9. The first-order valence-corrected chi connectivity index (χ1v) is 18.1. The standard InChI is InChI=1S/C36H49N7OSi/c1-25(2)45(26(3)4,27(5)6)23-20-31-32-24-37-36(39-29-16-18-30(19-17-29)42(9)22-21-41(7)8)40-34(32)43(10)35(44)33(31)38-28-14-12-11-13-15-28/h11-19,24-27,38H,21-22H2,1-10H3,(H,37,39,40). The minimum Gasteiger partial charge on any atom is -0.373 e. The molecule has 0 fully saturated rings. The number of fused-ring (bicyclic) bond motifs is 1. The Bertz CT molecular complexity index is 1700. The zero-order valence-electron chi connectivity index (χ0n) is 28.6. The summed E-state index contributed by atoms with van der Waals surface area (Å²) in [4.78, 5) is 27.9. The Balaban J connectivity index is 1.80. The van der Waals surface area contributed by atoms with Crippen LogP contribution in [-0.2, 0) is 7.05 Å². The third-order valence-corrected chi connectivity index (χ3v) is 15.2. The monoisotopic (exact) mass is 623 g/mol. The molecule has 0 aliphatic rings. The van der Waals surface area contributed by atoms with Gasteiger partial charge in [-0.05, 0) is 67.1 Å². The van der Waals surface area contributed by atoms with E-state index in [1.165, 1.54) is 0 Å². The number of hydrogen-bond donors (Lipinski definition) is 2. The lowest BCUT2D eigenvalue weighted by molar-refractivity contribution is 0.416. The molecule has 9 heteroatoms. The zero-order valence-corrected chi connectivity index (χ0v) is 29.6. The Labute approximate surface area is 269 Å². The third kappa shape index (κ3) is 7.40. The fourth-order valence-corrected chi connectivity index (χ4v) is 11.5. The molecule has 0 aliphatic heterocycles. The fourth-order valence-electron chi connectivity index (χ4n) is 6.29. The van der Waals surface area contributed by atoms with Crippen LogP contribution in [0.4, 0.5) is 28.7 Å². The lowest BCUT2D eigenvalue weighted by atomic mass is 10.1. The topological polar surface area (TPSA) is 78.3 Å². The van der Waals surface area contributed by atoms with Crippen molar-refractivity contribution in [1.82, 2.24) is 19.4 Å². The van der Waals surface area contributed by atoms with Crippen LogP contribution in [0.25, 0.3) is 11.0 Å². The van der Waals surface area contributed by atoms with Crippen molar-refractivity contribution in [2.24, 2.45) is 7.05 Å². The first-order chi connectivity index (χ1) is 21.3. The number of rotatable bonds is 11. The van der Waals surface area contributed by atoms with Crippen molar-refractivity contribution < 1.29 is 0 Å². The highest BCUT2D eigenvalue weighted by Crippen LogP contribution is 2.41. The maximum Gasteiger partial charge on any atom is 0.276 e. The van der Waals surface area contributed by atoms with Crippen LogP contribution in [0.1, 0.15) is 47.1 Å². The molecule has 0 amide bonds. The number of pyridine rings is 1. The van der Waals surface area contributed by atoms with Gasteiger partial charge in [0.25, 0.3) is 5.56 Å². The molecule has 0 saturated carbocycles. The van der Waals surface area contributed by atoms with Gasteiger partial charge in [0.2, 0.25) is 5.95 Å². The summed E-state index contributed by atoms with van der Waals surface area (Å²) in [6, 6.07) is 18.0. The molecule has 4 rings (SSSR count). The molecule has 2 heterocycles. The van der Waals surface area contributed by atoms with E-state index in [1.807, 2.05) is 42.5 Å². The largest absolute Gasteiger partial charge is 0.373 e. The number of para-hydroxylation sites is 1. The molecule has 45 heavy (non-hydrogen) atoms. The van der Waals surface area contributed by atoms with E-state index in [0.717, 1.165) is 35.5 Å². The summed E-state index contributed by atoms with van der Waals surface area (Å²) in [5, 5.41) is 7.45. The third-order valence-electron chi connectivity index (χ3n) is 8.88. The van der Waals surface area contributed by atoms with Crippen molar-refractivity contribution in [3.63, 3.8) is 0 Å². The molecule has 0 atom stereocenters. The van der Waals surface area contributed by atoms with Crippen LogP contribution in [0.5, 0.6) is 0 Å². The van der Waals surface area contributed by atoms with Gasteiger partial charge < -0.3 is 20.4 Å². The highest BCUT2D eigenvalue weighted by molar-refractivity contribution is 6.90. The second kappa shape index (κ2) is 14.3. The number of aromatic nitrogens is 3. The van der Waals surface area contributed by atoms with Gasteiger partial charge in [0.15, 0.2) is 0 Å². The van der Waals surface area contributed by atoms with E-state index in [9.17, 15) is 4.79 Å². The quantitative estimate of drug-likeness (QED) is 0.133. The molecule has 8 nitrogen and oxygen atoms in total. The maximum atomic E-state index is 14.0. The van der Waals surface area contributed by atoms with Crippen LogP contribution >= 0.6 is 0 Å². The van der Waals surface area contributed by atoms with Crippen LogP contribution in [0.15, 0.2) is 65.6 Å². The van der Waals surface area contributed by atoms with Crippen molar-refractivity contribution >= 4 is 47.8 Å². The number of nitrogens with zero attached hydrogens (tertiary/aromatic N) is 5. The molecular formula is C36H49N7OSi. The Morgan fingerprint density at radius 3 is 2.02 bits per heavy atom. The number of anilines is 5. The molecule has 0 bridgehead atoms. The Kier molecular flexibility index (Phi) is 10.7. The summed E-state index contributed by atoms with van der Waals surface area (Å²) in [5.41, 5.74) is 9.46. The molecule has 0 radical (unpaired) electrons. The summed E-state index contributed by atoms with van der Waals surface area (Å²) in [5.74, 6) is 3.98. The van der Waals surface area contributed by atoms with Crippen molar-refractivity contribution in [2.75, 3.05) is 49.8 Å². The molecule has 2 N–H and O–H groups in total. The minimum atomic E-state index is -2.09. The lowest BCUT2D eigenvalue weighted by Crippen LogP contribution is -2.43. The number of likely N-dealkylation sites (N-methyl/N-ethyl adjacent to an activating group) is 2. The first-order valence-electron chi connectivity index (χ1n) is 15.8. The van der Waals surface area contributed by atoms with E-state index >= 15 is 0 Å². The second-order valence-corrected chi connectivity index (χ2v) is 18.7. The molecular weight excluding hydrogens is 575 g/mol. The van der Waals surface area contributed by atoms with Crippen LogP contribution in [0.2, 0.25) is 16.6 Å². The van der Waals surface area contributed by atoms with E-state index in [0.29, 0.717) is 39.5 Å². The minimum absolute atomic E-state index is 0.184. The summed E-state index contributed by atoms with van der Waals surface area (Å²) in [6.07, 6.45) is 1.79. The molecule has 0 aliphatic carbocycles. The maximum absolute atomic E-state index is 14.0. The van der Waals surface area contributed by atoms with Crippen LogP contribution in [-0.4, -0.2) is 61.7 Å². The highest BCUT2D eigenvalue weighted by atomic mass is 28.3. The molecule has 2 aromatic carbocycles. The Morgan fingerprint density at radius 2 is 1.44 bits per heavy atom. The molecule has 2 aromatic heterocycles. The van der Waals surface area contributed by atoms with E-state index in [2.05, 4.69) is 107 Å². The average Bonchev–Trinajstić information content (AvgIpc) is 3.00. The van der Waals surface area contributed by atoms with Gasteiger partial charge in [0.05, 0.1) is 10.9 Å². The van der Waals surface area contributed by atoms with Gasteiger partial charge in [-0.25, -0.2) is 4.98 Å². The van der Waals surface area contributed by atoms with E-state index in [-0.39, 0.29) is 5.56 Å². The van der Waals surface area contributed by atoms with Gasteiger partial charge in [0.1, 0.15) is 19.4 Å². The van der Waals surface area contributed by atoms with Gasteiger partial charge in [-0.1, -0.05) is 65.7 Å². The van der Waals surface area contributed by atoms with Gasteiger partial charge in [-0.3, -0.25) is 9.36 Å². The van der Waals surface area contributed by atoms with Crippen molar-refractivity contribution in [1.29, 1.82) is 0 Å². The second-order valence-electron chi connectivity index (χ2n) is 13.1. The number of aryl methyl sites for hydroxylation is 1. The summed E-state index contributed by atoms with van der Waals surface area (Å²) in [7, 11) is 5.92. The van der Waals surface area contributed by atoms with Gasteiger partial charge in [-0.15, -0.1) is 5.54 Å². The normalized spacial score (nSPS) is 11.8. The fraction of sp³-hybridized carbons (Fsp3) is 0.417. The van der Waals surface area contributed by atoms with Crippen molar-refractivity contribution in [3.05, 3.63) is 76.7 Å². The number of nitrogens with one attached hydrogen (secondary N) is 2. The molecule has 0 spiro atoms. The molecule has 238 valence electrons. The van der Waals surface area contributed by atoms with Crippen LogP contribution in [0.3, 0.4) is 0 Å². The van der Waals surface area contributed by atoms with Gasteiger partial charge >= 0.3 is 0 Å². The van der Waals surface area contributed by atoms with Crippen molar-refractivity contribution in [2.45, 2.75) is 58.2 Å². The number of hydrogen-bond acceptors (Lipinski definition) is 7. The van der Waals surface area contributed by atoms with E-state index in [4.69, 9.17) is 9.97 Å². The van der Waals surface area contributed by atoms with Crippen molar-refractivity contribution in [3.8, 4) is 11.5 Å². The van der Waals surface area contributed by atoms with Crippen LogP contribution in [0, 0.1) is 11.5 Å². The summed E-state index contributed by atoms with van der Waals surface area (Å²) >= 11 is 0. The Hall–Kier alpha value is -4.13. The van der Waals surface area contributed by atoms with E-state index < -0.39 is 8.07 Å². The summed E-state index contributed by atoms with van der Waals surface area (Å²) in [6.45, 7) is 15.7. The first kappa shape index (κ1) is 33.8. The summed E-state index contributed by atoms with van der Waals surface area (Å²) < 4.78 is 1.58. The Morgan fingerprint density at radius 1 is 0.844 bits per heavy atom. The molecule has 0 saturated heterocycles. The van der Waals surface area contributed by atoms with Gasteiger partial charge in [0, 0.05) is 50.4 Å². The molecule has 4 aromatic rings. The van der Waals surface area contributed by atoms with E-state index in [1.54, 1.807) is 17.8 Å².